The second-order valence-corrected chi connectivity index (χ2v) is 8.41. The molecule has 2 aromatic rings. The topological polar surface area (TPSA) is 105 Å². The number of hydrogen-bond donors (Lipinski definition) is 2. The number of hydrogen-bond acceptors (Lipinski definition) is 6. The molecule has 28 heavy (non-hydrogen) atoms. The van der Waals surface area contributed by atoms with Gasteiger partial charge in [0.05, 0.1) is 11.5 Å². The smallest absolute Gasteiger partial charge is 0.275 e. The molecule has 0 unspecified atom stereocenters. The Labute approximate surface area is 167 Å². The average molecular weight is 427 g/mol. The summed E-state index contributed by atoms with van der Waals surface area (Å²) in [5.41, 5.74) is -0.242. The van der Waals surface area contributed by atoms with Gasteiger partial charge in [0.1, 0.15) is 5.75 Å². The van der Waals surface area contributed by atoms with Gasteiger partial charge in [-0.15, -0.1) is 0 Å². The zero-order valence-electron chi connectivity index (χ0n) is 14.7. The number of amides is 1. The zero-order chi connectivity index (χ0) is 20.2. The number of nitrogens with zero attached hydrogens (tertiary/aromatic N) is 1. The Bertz CT molecular complexity index is 915. The molecule has 0 saturated carbocycles. The lowest BCUT2D eigenvalue weighted by Crippen LogP contribution is -2.65. The molecule has 0 spiro atoms. The Morgan fingerprint density at radius 2 is 1.86 bits per heavy atom. The van der Waals surface area contributed by atoms with E-state index in [0.29, 0.717) is 22.5 Å². The summed E-state index contributed by atoms with van der Waals surface area (Å²) in [6.07, 6.45) is 0.497. The maximum absolute atomic E-state index is 13.4. The number of halogens is 1. The second-order valence-electron chi connectivity index (χ2n) is 6.22. The quantitative estimate of drug-likeness (QED) is 0.542. The molecule has 0 aliphatic carbocycles. The molecule has 150 valence electrons. The number of carbonyl (C=O) groups excluding carboxylic acids is 1. The molecule has 3 rings (SSSR count). The first-order valence-electron chi connectivity index (χ1n) is 8.46. The van der Waals surface area contributed by atoms with Crippen molar-refractivity contribution in [2.45, 2.75) is 23.3 Å². The Morgan fingerprint density at radius 3 is 2.43 bits per heavy atom. The van der Waals surface area contributed by atoms with Crippen LogP contribution in [0.1, 0.15) is 12.8 Å². The van der Waals surface area contributed by atoms with Crippen LogP contribution in [-0.4, -0.2) is 42.8 Å². The van der Waals surface area contributed by atoms with Crippen molar-refractivity contribution in [2.24, 2.45) is 0 Å². The first-order chi connectivity index (χ1) is 13.4. The molecular weight excluding hydrogens is 408 g/mol. The van der Waals surface area contributed by atoms with Crippen molar-refractivity contribution >= 4 is 27.5 Å². The maximum atomic E-state index is 13.4. The van der Waals surface area contributed by atoms with Crippen molar-refractivity contribution in [3.8, 4) is 5.75 Å². The zero-order valence-corrected chi connectivity index (χ0v) is 16.3. The predicted octanol–water partition coefficient (Wildman–Crippen LogP) is 2.38. The molecule has 10 heteroatoms. The molecule has 1 aliphatic heterocycles. The van der Waals surface area contributed by atoms with Gasteiger partial charge in [-0.05, 0) is 53.7 Å². The van der Waals surface area contributed by atoms with Gasteiger partial charge in [0.2, 0.25) is 0 Å². The number of carbonyl (C=O) groups is 1. The SMILES string of the molecule is O=C(NO)[C@@]1(N(Oc2ccc(Cl)cc2)S(=O)(=O)c2ccccc2)CCCOC1. The van der Waals surface area contributed by atoms with E-state index >= 15 is 0 Å². The van der Waals surface area contributed by atoms with Crippen LogP contribution in [0, 0.1) is 0 Å². The fourth-order valence-electron chi connectivity index (χ4n) is 2.94. The van der Waals surface area contributed by atoms with Gasteiger partial charge in [-0.25, -0.2) is 13.9 Å². The van der Waals surface area contributed by atoms with E-state index in [1.807, 2.05) is 0 Å². The second kappa shape index (κ2) is 8.46. The third-order valence-electron chi connectivity index (χ3n) is 4.35. The Morgan fingerprint density at radius 1 is 1.18 bits per heavy atom. The molecule has 0 bridgehead atoms. The number of nitrogens with one attached hydrogen (secondary N) is 1. The fraction of sp³-hybridized carbons (Fsp3) is 0.278. The first-order valence-corrected chi connectivity index (χ1v) is 10.3. The first kappa shape index (κ1) is 20.6. The lowest BCUT2D eigenvalue weighted by molar-refractivity contribution is -0.168. The van der Waals surface area contributed by atoms with Gasteiger partial charge in [0.25, 0.3) is 15.9 Å². The summed E-state index contributed by atoms with van der Waals surface area (Å²) >= 11 is 5.88. The maximum Gasteiger partial charge on any atom is 0.275 e. The number of ether oxygens (including phenoxy) is 1. The minimum absolute atomic E-state index is 0.0698. The third-order valence-corrected chi connectivity index (χ3v) is 6.34. The Kier molecular flexibility index (Phi) is 6.21. The van der Waals surface area contributed by atoms with E-state index in [1.165, 1.54) is 36.4 Å². The van der Waals surface area contributed by atoms with Crippen molar-refractivity contribution in [1.82, 2.24) is 9.95 Å². The van der Waals surface area contributed by atoms with Gasteiger partial charge in [-0.1, -0.05) is 29.8 Å². The van der Waals surface area contributed by atoms with Crippen LogP contribution in [0.4, 0.5) is 0 Å². The highest BCUT2D eigenvalue weighted by Gasteiger charge is 2.54. The standard InChI is InChI=1S/C18H19ClN2O6S/c19-14-7-9-15(10-8-14)27-21(28(24,25)16-5-2-1-3-6-16)18(17(22)20-23)11-4-12-26-13-18/h1-3,5-10,23H,4,11-13H2,(H,20,22)/t18-/m1/s1. The molecule has 0 radical (unpaired) electrons. The van der Waals surface area contributed by atoms with Crippen LogP contribution in [0.5, 0.6) is 5.75 Å². The predicted molar refractivity (Wildman–Crippen MR) is 100 cm³/mol. The van der Waals surface area contributed by atoms with E-state index in [4.69, 9.17) is 21.2 Å². The summed E-state index contributed by atoms with van der Waals surface area (Å²) < 4.78 is 32.8. The minimum Gasteiger partial charge on any atom is -0.390 e. The van der Waals surface area contributed by atoms with Crippen LogP contribution in [0.3, 0.4) is 0 Å². The summed E-state index contributed by atoms with van der Waals surface area (Å²) in [4.78, 5) is 18.2. The van der Waals surface area contributed by atoms with Crippen molar-refractivity contribution in [1.29, 1.82) is 0 Å². The fourth-order valence-corrected chi connectivity index (χ4v) is 4.63. The van der Waals surface area contributed by atoms with Crippen molar-refractivity contribution < 1.29 is 28.0 Å². The van der Waals surface area contributed by atoms with Crippen LogP contribution in [0.15, 0.2) is 59.5 Å². The number of rotatable bonds is 6. The highest BCUT2D eigenvalue weighted by atomic mass is 35.5. The van der Waals surface area contributed by atoms with Crippen LogP contribution < -0.4 is 10.3 Å². The summed E-state index contributed by atoms with van der Waals surface area (Å²) in [7, 11) is -4.30. The summed E-state index contributed by atoms with van der Waals surface area (Å²) in [5.74, 6) is -0.791. The van der Waals surface area contributed by atoms with Crippen molar-refractivity contribution in [2.75, 3.05) is 13.2 Å². The van der Waals surface area contributed by atoms with E-state index in [-0.39, 0.29) is 23.7 Å². The third kappa shape index (κ3) is 3.98. The van der Waals surface area contributed by atoms with Gasteiger partial charge >= 0.3 is 0 Å². The molecule has 1 saturated heterocycles. The lowest BCUT2D eigenvalue weighted by Gasteiger charge is -2.41. The number of benzene rings is 2. The monoisotopic (exact) mass is 426 g/mol. The van der Waals surface area contributed by atoms with Crippen LogP contribution in [0.2, 0.25) is 5.02 Å². The Balaban J connectivity index is 2.12. The molecule has 8 nitrogen and oxygen atoms in total. The molecule has 2 N–H and O–H groups in total. The highest BCUT2D eigenvalue weighted by Crippen LogP contribution is 2.34. The molecule has 1 aliphatic rings. The van der Waals surface area contributed by atoms with E-state index in [0.717, 1.165) is 0 Å². The van der Waals surface area contributed by atoms with Gasteiger partial charge in [-0.3, -0.25) is 10.0 Å². The Hall–Kier alpha value is -2.17. The van der Waals surface area contributed by atoms with Gasteiger partial charge in [-0.2, -0.15) is 0 Å². The molecule has 1 atom stereocenters. The molecule has 1 amide bonds. The number of sulfonamides is 1. The normalized spacial score (nSPS) is 20.0. The molecular formula is C18H19ClN2O6S. The summed E-state index contributed by atoms with van der Waals surface area (Å²) in [5, 5.41) is 9.73. The van der Waals surface area contributed by atoms with Crippen LogP contribution >= 0.6 is 11.6 Å². The van der Waals surface area contributed by atoms with Crippen LogP contribution in [-0.2, 0) is 19.6 Å². The molecule has 1 fully saturated rings. The molecule has 0 aromatic heterocycles. The van der Waals surface area contributed by atoms with Gasteiger partial charge in [0.15, 0.2) is 5.54 Å². The van der Waals surface area contributed by atoms with E-state index in [2.05, 4.69) is 0 Å². The lowest BCUT2D eigenvalue weighted by atomic mass is 9.92. The average Bonchev–Trinajstić information content (AvgIpc) is 2.73. The minimum atomic E-state index is -4.30. The van der Waals surface area contributed by atoms with E-state index < -0.39 is 21.5 Å². The number of hydroxylamine groups is 2. The molecule has 1 heterocycles. The summed E-state index contributed by atoms with van der Waals surface area (Å²) in [6.45, 7) is 0.0830. The largest absolute Gasteiger partial charge is 0.390 e. The van der Waals surface area contributed by atoms with Gasteiger partial charge < -0.3 is 9.57 Å². The van der Waals surface area contributed by atoms with Gasteiger partial charge in [0, 0.05) is 11.6 Å². The van der Waals surface area contributed by atoms with Crippen molar-refractivity contribution in [3.05, 3.63) is 59.6 Å². The molecule has 2 aromatic carbocycles. The highest BCUT2D eigenvalue weighted by molar-refractivity contribution is 7.89. The summed E-state index contributed by atoms with van der Waals surface area (Å²) in [6, 6.07) is 13.6. The van der Waals surface area contributed by atoms with Crippen LogP contribution in [0.25, 0.3) is 0 Å². The van der Waals surface area contributed by atoms with E-state index in [9.17, 15) is 18.4 Å². The van der Waals surface area contributed by atoms with Crippen molar-refractivity contribution in [3.63, 3.8) is 0 Å². The van der Waals surface area contributed by atoms with E-state index in [1.54, 1.807) is 23.7 Å².